The van der Waals surface area contributed by atoms with Gasteiger partial charge in [0.1, 0.15) is 5.75 Å². The Hall–Kier alpha value is -1.64. The fourth-order valence-corrected chi connectivity index (χ4v) is 5.41. The summed E-state index contributed by atoms with van der Waals surface area (Å²) in [6.45, 7) is 1.35. The van der Waals surface area contributed by atoms with Crippen LogP contribution < -0.4 is 4.74 Å². The van der Waals surface area contributed by atoms with Crippen LogP contribution in [0, 0.1) is 0 Å². The molecular formula is C19H28N2O5S. The third-order valence-electron chi connectivity index (χ3n) is 5.63. The second-order valence-electron chi connectivity index (χ2n) is 7.30. The topological polar surface area (TPSA) is 87.1 Å². The molecule has 0 aromatic heterocycles. The van der Waals surface area contributed by atoms with Gasteiger partial charge in [-0.2, -0.15) is 4.31 Å². The molecular weight excluding hydrogens is 368 g/mol. The van der Waals surface area contributed by atoms with Gasteiger partial charge < -0.3 is 14.7 Å². The van der Waals surface area contributed by atoms with Crippen molar-refractivity contribution in [3.63, 3.8) is 0 Å². The van der Waals surface area contributed by atoms with E-state index >= 15 is 0 Å². The number of methoxy groups -OCH3 is 1. The van der Waals surface area contributed by atoms with Crippen LogP contribution in [0.5, 0.6) is 5.75 Å². The van der Waals surface area contributed by atoms with Crippen molar-refractivity contribution in [1.82, 2.24) is 9.21 Å². The lowest BCUT2D eigenvalue weighted by Crippen LogP contribution is -2.46. The summed E-state index contributed by atoms with van der Waals surface area (Å²) in [4.78, 5) is 14.6. The Labute approximate surface area is 161 Å². The lowest BCUT2D eigenvalue weighted by Gasteiger charge is -2.34. The van der Waals surface area contributed by atoms with Crippen LogP contribution in [0.1, 0.15) is 48.9 Å². The monoisotopic (exact) mass is 396 g/mol. The molecule has 2 fully saturated rings. The van der Waals surface area contributed by atoms with Crippen LogP contribution in [0.3, 0.4) is 0 Å². The van der Waals surface area contributed by atoms with E-state index < -0.39 is 22.2 Å². The average Bonchev–Trinajstić information content (AvgIpc) is 3.21. The molecule has 0 unspecified atom stereocenters. The van der Waals surface area contributed by atoms with Crippen molar-refractivity contribution in [2.45, 2.75) is 55.6 Å². The number of likely N-dealkylation sites (tertiary alicyclic amines) is 1. The molecule has 1 saturated carbocycles. The largest absolute Gasteiger partial charge is 0.496 e. The standard InChI is InChI=1S/C19H28N2O5S/c1-20(16-7-3-4-8-17(16)22)27(24,25)14-9-10-18(26-2)15(13-14)19(23)21-11-5-6-12-21/h9-10,13,16-17,22H,3-8,11-12H2,1-2H3/t16-,17+/m1/s1. The molecule has 150 valence electrons. The maximum Gasteiger partial charge on any atom is 0.257 e. The molecule has 1 N–H and O–H groups in total. The normalized spacial score (nSPS) is 23.6. The Balaban J connectivity index is 1.93. The van der Waals surface area contributed by atoms with Gasteiger partial charge in [-0.15, -0.1) is 0 Å². The first kappa shape index (κ1) is 20.1. The summed E-state index contributed by atoms with van der Waals surface area (Å²) < 4.78 is 32.8. The minimum Gasteiger partial charge on any atom is -0.496 e. The highest BCUT2D eigenvalue weighted by Crippen LogP contribution is 2.30. The average molecular weight is 397 g/mol. The van der Waals surface area contributed by atoms with E-state index in [0.29, 0.717) is 31.7 Å². The Bertz CT molecular complexity index is 789. The Kier molecular flexibility index (Phi) is 6.08. The molecule has 1 aliphatic heterocycles. The molecule has 0 radical (unpaired) electrons. The van der Waals surface area contributed by atoms with E-state index in [2.05, 4.69) is 0 Å². The predicted molar refractivity (Wildman–Crippen MR) is 101 cm³/mol. The van der Waals surface area contributed by atoms with Crippen molar-refractivity contribution >= 4 is 15.9 Å². The van der Waals surface area contributed by atoms with Crippen molar-refractivity contribution < 1.29 is 23.1 Å². The lowest BCUT2D eigenvalue weighted by molar-refractivity contribution is 0.0638. The van der Waals surface area contributed by atoms with Crippen LogP contribution in [0.15, 0.2) is 23.1 Å². The van der Waals surface area contributed by atoms with E-state index in [1.54, 1.807) is 4.90 Å². The number of aliphatic hydroxyl groups excluding tert-OH is 1. The number of likely N-dealkylation sites (N-methyl/N-ethyl adjacent to an activating group) is 1. The molecule has 1 heterocycles. The highest BCUT2D eigenvalue weighted by molar-refractivity contribution is 7.89. The molecule has 2 aliphatic rings. The van der Waals surface area contributed by atoms with Crippen LogP contribution in [0.4, 0.5) is 0 Å². The molecule has 3 rings (SSSR count). The van der Waals surface area contributed by atoms with Crippen LogP contribution >= 0.6 is 0 Å². The number of nitrogens with zero attached hydrogens (tertiary/aromatic N) is 2. The molecule has 7 nitrogen and oxygen atoms in total. The minimum absolute atomic E-state index is 0.0473. The number of aliphatic hydroxyl groups is 1. The fourth-order valence-electron chi connectivity index (χ4n) is 3.97. The highest BCUT2D eigenvalue weighted by Gasteiger charge is 2.35. The van der Waals surface area contributed by atoms with Gasteiger partial charge in [0.15, 0.2) is 0 Å². The summed E-state index contributed by atoms with van der Waals surface area (Å²) in [5.74, 6) is 0.160. The zero-order valence-corrected chi connectivity index (χ0v) is 16.7. The van der Waals surface area contributed by atoms with Gasteiger partial charge in [0.2, 0.25) is 10.0 Å². The maximum absolute atomic E-state index is 13.1. The molecule has 1 aromatic rings. The van der Waals surface area contributed by atoms with E-state index in [4.69, 9.17) is 4.74 Å². The van der Waals surface area contributed by atoms with Crippen molar-refractivity contribution in [1.29, 1.82) is 0 Å². The van der Waals surface area contributed by atoms with E-state index in [1.165, 1.54) is 36.7 Å². The molecule has 8 heteroatoms. The van der Waals surface area contributed by atoms with Crippen molar-refractivity contribution in [3.05, 3.63) is 23.8 Å². The quantitative estimate of drug-likeness (QED) is 0.821. The molecule has 1 aromatic carbocycles. The van der Waals surface area contributed by atoms with E-state index in [0.717, 1.165) is 25.7 Å². The number of carbonyl (C=O) groups is 1. The summed E-state index contributed by atoms with van der Waals surface area (Å²) in [6, 6.07) is 3.95. The molecule has 27 heavy (non-hydrogen) atoms. The summed E-state index contributed by atoms with van der Waals surface area (Å²) >= 11 is 0. The molecule has 1 saturated heterocycles. The minimum atomic E-state index is -3.83. The van der Waals surface area contributed by atoms with Gasteiger partial charge in [-0.25, -0.2) is 8.42 Å². The van der Waals surface area contributed by atoms with Crippen LogP contribution in [0.25, 0.3) is 0 Å². The zero-order valence-electron chi connectivity index (χ0n) is 15.9. The smallest absolute Gasteiger partial charge is 0.257 e. The molecule has 0 spiro atoms. The van der Waals surface area contributed by atoms with Gasteiger partial charge in [0, 0.05) is 20.1 Å². The van der Waals surface area contributed by atoms with Crippen molar-refractivity contribution in [3.8, 4) is 5.75 Å². The van der Waals surface area contributed by atoms with Gasteiger partial charge in [-0.3, -0.25) is 4.79 Å². The molecule has 2 atom stereocenters. The Morgan fingerprint density at radius 2 is 1.85 bits per heavy atom. The third kappa shape index (κ3) is 3.97. The number of ether oxygens (including phenoxy) is 1. The van der Waals surface area contributed by atoms with E-state index in [1.807, 2.05) is 0 Å². The first-order chi connectivity index (χ1) is 12.9. The summed E-state index contributed by atoms with van der Waals surface area (Å²) in [5.41, 5.74) is 0.262. The van der Waals surface area contributed by atoms with Crippen LogP contribution in [0.2, 0.25) is 0 Å². The molecule has 1 aliphatic carbocycles. The molecule has 0 bridgehead atoms. The fraction of sp³-hybridized carbons (Fsp3) is 0.632. The number of carbonyl (C=O) groups excluding carboxylic acids is 1. The summed E-state index contributed by atoms with van der Waals surface area (Å²) in [5, 5.41) is 10.2. The lowest BCUT2D eigenvalue weighted by atomic mass is 9.93. The van der Waals surface area contributed by atoms with E-state index in [-0.39, 0.29) is 16.4 Å². The Morgan fingerprint density at radius 1 is 1.19 bits per heavy atom. The van der Waals surface area contributed by atoms with Crippen molar-refractivity contribution in [2.24, 2.45) is 0 Å². The van der Waals surface area contributed by atoms with Gasteiger partial charge in [0.25, 0.3) is 5.91 Å². The number of rotatable bonds is 5. The number of amides is 1. The highest BCUT2D eigenvalue weighted by atomic mass is 32.2. The van der Waals surface area contributed by atoms with Gasteiger partial charge >= 0.3 is 0 Å². The number of hydrogen-bond acceptors (Lipinski definition) is 5. The summed E-state index contributed by atoms with van der Waals surface area (Å²) in [7, 11) is -0.861. The predicted octanol–water partition coefficient (Wildman–Crippen LogP) is 1.86. The molecule has 1 amide bonds. The van der Waals surface area contributed by atoms with Gasteiger partial charge in [-0.1, -0.05) is 12.8 Å². The number of sulfonamides is 1. The summed E-state index contributed by atoms with van der Waals surface area (Å²) in [6.07, 6.45) is 4.27. The number of hydrogen-bond donors (Lipinski definition) is 1. The number of benzene rings is 1. The van der Waals surface area contributed by atoms with E-state index in [9.17, 15) is 18.3 Å². The first-order valence-electron chi connectivity index (χ1n) is 9.49. The zero-order chi connectivity index (χ0) is 19.6. The second kappa shape index (κ2) is 8.16. The first-order valence-corrected chi connectivity index (χ1v) is 10.9. The van der Waals surface area contributed by atoms with Gasteiger partial charge in [-0.05, 0) is 43.9 Å². The van der Waals surface area contributed by atoms with Crippen molar-refractivity contribution in [2.75, 3.05) is 27.2 Å². The van der Waals surface area contributed by atoms with Crippen LogP contribution in [-0.4, -0.2) is 68.0 Å². The SMILES string of the molecule is COc1ccc(S(=O)(=O)N(C)[C@@H]2CCCC[C@@H]2O)cc1C(=O)N1CCCC1. The van der Waals surface area contributed by atoms with Gasteiger partial charge in [0.05, 0.1) is 29.7 Å². The third-order valence-corrected chi connectivity index (χ3v) is 7.51. The Morgan fingerprint density at radius 3 is 2.48 bits per heavy atom. The maximum atomic E-state index is 13.1. The van der Waals surface area contributed by atoms with Crippen LogP contribution in [-0.2, 0) is 10.0 Å². The second-order valence-corrected chi connectivity index (χ2v) is 9.30.